The van der Waals surface area contributed by atoms with Crippen LogP contribution in [0.15, 0.2) is 48.9 Å². The zero-order valence-corrected chi connectivity index (χ0v) is 33.4. The minimum Gasteiger partial charge on any atom is -0.385 e. The Hall–Kier alpha value is -4.81. The minimum atomic E-state index is -4.82. The van der Waals surface area contributed by atoms with E-state index in [1.165, 1.54) is 21.6 Å². The number of hydrogen-bond acceptors (Lipinski definition) is 10. The Balaban J connectivity index is 0.00000528. The predicted octanol–water partition coefficient (Wildman–Crippen LogP) is 5.57. The Morgan fingerprint density at radius 2 is 1.76 bits per heavy atom. The highest BCUT2D eigenvalue weighted by molar-refractivity contribution is 6.12. The number of fused-ring (bicyclic) bond motifs is 1. The molecule has 3 aliphatic heterocycles. The summed E-state index contributed by atoms with van der Waals surface area (Å²) in [5.41, 5.74) is 6.35. The van der Waals surface area contributed by atoms with Crippen molar-refractivity contribution in [1.82, 2.24) is 34.6 Å². The second-order valence-electron chi connectivity index (χ2n) is 16.3. The van der Waals surface area contributed by atoms with Crippen LogP contribution in [0, 0.1) is 11.8 Å². The molecule has 1 saturated carbocycles. The van der Waals surface area contributed by atoms with Crippen molar-refractivity contribution in [2.45, 2.75) is 88.1 Å². The first kappa shape index (κ1) is 42.3. The first-order valence-corrected chi connectivity index (χ1v) is 20.2. The van der Waals surface area contributed by atoms with Crippen LogP contribution in [0.3, 0.4) is 0 Å². The number of likely N-dealkylation sites (tertiary alicyclic amines) is 1. The molecule has 1 aromatic carbocycles. The number of rotatable bonds is 10. The van der Waals surface area contributed by atoms with E-state index in [1.807, 2.05) is 24.3 Å². The number of benzene rings is 1. The van der Waals surface area contributed by atoms with Crippen molar-refractivity contribution in [3.63, 3.8) is 0 Å². The molecule has 4 fully saturated rings. The van der Waals surface area contributed by atoms with E-state index in [0.29, 0.717) is 37.5 Å². The zero-order chi connectivity index (χ0) is 40.6. The van der Waals surface area contributed by atoms with Gasteiger partial charge in [-0.2, -0.15) is 18.3 Å². The molecule has 318 valence electrons. The third-order valence-corrected chi connectivity index (χ3v) is 12.1. The highest BCUT2D eigenvalue weighted by Gasteiger charge is 2.40. The lowest BCUT2D eigenvalue weighted by Gasteiger charge is -2.36. The molecular formula is C40H50ClF4N11O3. The lowest BCUT2D eigenvalue weighted by molar-refractivity contribution is -0.141. The number of nitrogens with zero attached hydrogens (tertiary/aromatic N) is 7. The van der Waals surface area contributed by atoms with Gasteiger partial charge in [0.15, 0.2) is 17.2 Å². The fourth-order valence-electron chi connectivity index (χ4n) is 9.08. The molecule has 4 aliphatic rings. The van der Waals surface area contributed by atoms with Crippen LogP contribution in [-0.2, 0) is 15.8 Å². The van der Waals surface area contributed by atoms with E-state index in [4.69, 9.17) is 5.73 Å². The summed E-state index contributed by atoms with van der Waals surface area (Å²) < 4.78 is 60.4. The molecule has 3 atom stereocenters. The van der Waals surface area contributed by atoms with Gasteiger partial charge < -0.3 is 26.2 Å². The van der Waals surface area contributed by atoms with Crippen LogP contribution >= 0.6 is 12.4 Å². The van der Waals surface area contributed by atoms with Crippen molar-refractivity contribution in [1.29, 1.82) is 0 Å². The smallest absolute Gasteiger partial charge is 0.385 e. The number of imide groups is 1. The Kier molecular flexibility index (Phi) is 12.8. The number of halogens is 5. The van der Waals surface area contributed by atoms with Crippen LogP contribution in [0.4, 0.5) is 34.8 Å². The molecule has 6 heterocycles. The second-order valence-corrected chi connectivity index (χ2v) is 16.3. The van der Waals surface area contributed by atoms with Gasteiger partial charge in [-0.05, 0) is 100 Å². The lowest BCUT2D eigenvalue weighted by atomic mass is 9.85. The number of amides is 3. The number of alkyl halides is 4. The van der Waals surface area contributed by atoms with Crippen molar-refractivity contribution in [2.24, 2.45) is 17.6 Å². The molecule has 4 aromatic rings. The minimum absolute atomic E-state index is 0. The van der Waals surface area contributed by atoms with Crippen LogP contribution in [-0.4, -0.2) is 98.5 Å². The standard InChI is InChI=1S/C40H49F4N11O3.ClH/c41-27-18-28(45)22-53(21-27)37-34(36-46-13-2-14-54(36)51-37)39(58)48-32-23-55(50-35(32)40(42,43)44)30-7-5-25(6-8-30)20-52-15-11-24(12-16-52)19-47-29-4-1-3-26(17-29)31-9-10-33(56)49-38(31)57;/h1-4,13-14,17,23-25,27-28,30-31,47H,5-12,15-16,18-22,45H2,(H,48,58)(H,49,56,57);1H/t25?,27-,28-,30?,31?;/m1./s1. The molecule has 19 heteroatoms. The highest BCUT2D eigenvalue weighted by Crippen LogP contribution is 2.39. The maximum atomic E-state index is 14.5. The summed E-state index contributed by atoms with van der Waals surface area (Å²) in [4.78, 5) is 46.0. The normalized spacial score (nSPS) is 24.8. The van der Waals surface area contributed by atoms with Gasteiger partial charge in [0.1, 0.15) is 11.7 Å². The average molecular weight is 844 g/mol. The van der Waals surface area contributed by atoms with Gasteiger partial charge in [-0.3, -0.25) is 24.4 Å². The Morgan fingerprint density at radius 3 is 2.49 bits per heavy atom. The van der Waals surface area contributed by atoms with Crippen LogP contribution < -0.4 is 26.6 Å². The summed E-state index contributed by atoms with van der Waals surface area (Å²) in [7, 11) is 0. The van der Waals surface area contributed by atoms with E-state index in [9.17, 15) is 31.9 Å². The van der Waals surface area contributed by atoms with Gasteiger partial charge in [-0.25, -0.2) is 13.9 Å². The van der Waals surface area contributed by atoms with Crippen molar-refractivity contribution < 1.29 is 31.9 Å². The molecule has 8 rings (SSSR count). The Labute approximate surface area is 345 Å². The largest absolute Gasteiger partial charge is 0.437 e. The van der Waals surface area contributed by atoms with Gasteiger partial charge in [0.2, 0.25) is 11.8 Å². The van der Waals surface area contributed by atoms with E-state index in [2.05, 4.69) is 36.0 Å². The van der Waals surface area contributed by atoms with Gasteiger partial charge in [-0.15, -0.1) is 17.5 Å². The average Bonchev–Trinajstić information content (AvgIpc) is 3.80. The maximum Gasteiger partial charge on any atom is 0.437 e. The quantitative estimate of drug-likeness (QED) is 0.117. The third-order valence-electron chi connectivity index (χ3n) is 12.1. The fourth-order valence-corrected chi connectivity index (χ4v) is 9.08. The molecule has 1 unspecified atom stereocenters. The van der Waals surface area contributed by atoms with Gasteiger partial charge in [0, 0.05) is 56.4 Å². The third kappa shape index (κ3) is 9.65. The molecule has 0 bridgehead atoms. The van der Waals surface area contributed by atoms with Crippen LogP contribution in [0.25, 0.3) is 5.65 Å². The maximum absolute atomic E-state index is 14.5. The number of nitrogens with two attached hydrogens (primary N) is 1. The van der Waals surface area contributed by atoms with Gasteiger partial charge in [0.05, 0.1) is 24.2 Å². The summed E-state index contributed by atoms with van der Waals surface area (Å²) in [6.07, 6.45) is 4.34. The van der Waals surface area contributed by atoms with E-state index in [1.54, 1.807) is 17.2 Å². The lowest BCUT2D eigenvalue weighted by Crippen LogP contribution is -2.48. The van der Waals surface area contributed by atoms with Crippen LogP contribution in [0.2, 0.25) is 0 Å². The molecule has 14 nitrogen and oxygen atoms in total. The van der Waals surface area contributed by atoms with E-state index >= 15 is 0 Å². The number of anilines is 3. The molecule has 1 aliphatic carbocycles. The van der Waals surface area contributed by atoms with E-state index < -0.39 is 35.7 Å². The van der Waals surface area contributed by atoms with Crippen molar-refractivity contribution in [3.05, 3.63) is 65.7 Å². The Morgan fingerprint density at radius 1 is 0.983 bits per heavy atom. The first-order chi connectivity index (χ1) is 27.9. The van der Waals surface area contributed by atoms with Crippen molar-refractivity contribution in [3.8, 4) is 0 Å². The highest BCUT2D eigenvalue weighted by atomic mass is 35.5. The monoisotopic (exact) mass is 843 g/mol. The number of piperidine rings is 3. The van der Waals surface area contributed by atoms with Gasteiger partial charge >= 0.3 is 6.18 Å². The summed E-state index contributed by atoms with van der Waals surface area (Å²) >= 11 is 0. The second kappa shape index (κ2) is 17.8. The molecule has 3 saturated heterocycles. The molecule has 59 heavy (non-hydrogen) atoms. The molecule has 5 N–H and O–H groups in total. The molecule has 3 aromatic heterocycles. The van der Waals surface area contributed by atoms with Crippen LogP contribution in [0.5, 0.6) is 0 Å². The summed E-state index contributed by atoms with van der Waals surface area (Å²) in [5, 5.41) is 16.9. The Bertz CT molecular complexity index is 2120. The molecular weight excluding hydrogens is 794 g/mol. The first-order valence-electron chi connectivity index (χ1n) is 20.2. The van der Waals surface area contributed by atoms with Crippen LogP contribution in [0.1, 0.15) is 91.4 Å². The van der Waals surface area contributed by atoms with Crippen molar-refractivity contribution in [2.75, 3.05) is 54.8 Å². The van der Waals surface area contributed by atoms with Gasteiger partial charge in [-0.1, -0.05) is 12.1 Å². The number of carbonyl (C=O) groups is 3. The molecule has 0 spiro atoms. The fraction of sp³-hybridized carbons (Fsp3) is 0.550. The van der Waals surface area contributed by atoms with E-state index in [0.717, 1.165) is 63.1 Å². The SMILES string of the molecule is Cl.N[C@@H]1C[C@@H](F)CN(c2nn3cccnc3c2C(=O)Nc2cn(C3CCC(CN4CCC(CNc5cccc(C6CCC(=O)NC6=O)c5)CC4)CC3)nc2C(F)(F)F)C1. The summed E-state index contributed by atoms with van der Waals surface area (Å²) in [6.45, 7) is 3.88. The van der Waals surface area contributed by atoms with E-state index in [-0.39, 0.29) is 72.7 Å². The molecule has 3 amide bonds. The summed E-state index contributed by atoms with van der Waals surface area (Å²) in [6, 6.07) is 8.71. The zero-order valence-electron chi connectivity index (χ0n) is 32.5. The topological polar surface area (TPSA) is 168 Å². The van der Waals surface area contributed by atoms with Gasteiger partial charge in [0.25, 0.3) is 5.91 Å². The summed E-state index contributed by atoms with van der Waals surface area (Å²) in [5.74, 6) is -0.611. The molecule has 0 radical (unpaired) electrons. The number of nitrogens with one attached hydrogen (secondary N) is 3. The number of carbonyl (C=O) groups excluding carboxylic acids is 3. The number of hydrogen-bond donors (Lipinski definition) is 4. The predicted molar refractivity (Wildman–Crippen MR) is 215 cm³/mol. The number of aromatic nitrogens is 5. The van der Waals surface area contributed by atoms with Crippen molar-refractivity contribution >= 4 is 53.0 Å².